The Labute approximate surface area is 187 Å². The summed E-state index contributed by atoms with van der Waals surface area (Å²) in [5.74, 6) is 0.216. The minimum atomic E-state index is -1.32. The molecular weight excluding hydrogens is 436 g/mol. The van der Waals surface area contributed by atoms with Crippen molar-refractivity contribution in [1.82, 2.24) is 19.9 Å². The summed E-state index contributed by atoms with van der Waals surface area (Å²) in [6, 6.07) is 6.59. The second-order valence-corrected chi connectivity index (χ2v) is 9.64. The number of benzene rings is 1. The first-order valence-corrected chi connectivity index (χ1v) is 11.4. The van der Waals surface area contributed by atoms with E-state index in [4.69, 9.17) is 16.6 Å². The highest BCUT2D eigenvalue weighted by Crippen LogP contribution is 2.52. The summed E-state index contributed by atoms with van der Waals surface area (Å²) in [6.07, 6.45) is 0.962. The number of hydrogen-bond donors (Lipinski definition) is 2. The second kappa shape index (κ2) is 7.55. The molecule has 1 atom stereocenters. The van der Waals surface area contributed by atoms with Crippen molar-refractivity contribution >= 4 is 28.8 Å². The number of rotatable bonds is 4. The summed E-state index contributed by atoms with van der Waals surface area (Å²) in [5.41, 5.74) is 2.07. The summed E-state index contributed by atoms with van der Waals surface area (Å²) in [4.78, 5) is 39.6. The molecule has 1 aromatic carbocycles. The van der Waals surface area contributed by atoms with Gasteiger partial charge in [0.2, 0.25) is 0 Å². The van der Waals surface area contributed by atoms with E-state index >= 15 is 0 Å². The molecular formula is C22H21ClN4O3S. The van der Waals surface area contributed by atoms with E-state index in [0.717, 1.165) is 29.2 Å². The van der Waals surface area contributed by atoms with E-state index in [2.05, 4.69) is 9.97 Å². The van der Waals surface area contributed by atoms with Crippen molar-refractivity contribution in [2.45, 2.75) is 44.2 Å². The first-order valence-electron chi connectivity index (χ1n) is 10.1. The van der Waals surface area contributed by atoms with E-state index in [1.54, 1.807) is 35.6 Å². The van der Waals surface area contributed by atoms with Crippen LogP contribution < -0.4 is 5.56 Å². The number of aliphatic hydroxyl groups excluding tert-OH is 1. The average Bonchev–Trinajstić information content (AvgIpc) is 3.47. The molecule has 2 aliphatic rings. The topological polar surface area (TPSA) is 99.2 Å². The molecule has 1 aliphatic heterocycles. The van der Waals surface area contributed by atoms with Gasteiger partial charge in [-0.25, -0.2) is 9.97 Å². The third-order valence-corrected chi connectivity index (χ3v) is 7.10. The molecule has 2 aromatic heterocycles. The summed E-state index contributed by atoms with van der Waals surface area (Å²) in [6.45, 7) is 2.48. The van der Waals surface area contributed by atoms with Crippen molar-refractivity contribution in [1.29, 1.82) is 0 Å². The van der Waals surface area contributed by atoms with Crippen molar-refractivity contribution in [3.05, 3.63) is 78.4 Å². The maximum absolute atomic E-state index is 12.9. The van der Waals surface area contributed by atoms with Gasteiger partial charge in [0, 0.05) is 23.4 Å². The van der Waals surface area contributed by atoms with Crippen LogP contribution in [0.15, 0.2) is 34.4 Å². The van der Waals surface area contributed by atoms with Gasteiger partial charge in [-0.05, 0) is 37.5 Å². The molecule has 7 nitrogen and oxygen atoms in total. The Kier molecular flexibility index (Phi) is 4.96. The Bertz CT molecular complexity index is 1230. The molecule has 2 N–H and O–H groups in total. The van der Waals surface area contributed by atoms with Crippen LogP contribution in [0.2, 0.25) is 5.02 Å². The zero-order valence-electron chi connectivity index (χ0n) is 16.9. The molecule has 1 amide bonds. The quantitative estimate of drug-likeness (QED) is 0.628. The van der Waals surface area contributed by atoms with Crippen LogP contribution in [-0.2, 0) is 23.2 Å². The molecule has 1 saturated carbocycles. The van der Waals surface area contributed by atoms with Crippen molar-refractivity contribution in [2.75, 3.05) is 6.54 Å². The molecule has 3 aromatic rings. The zero-order chi connectivity index (χ0) is 21.8. The predicted molar refractivity (Wildman–Crippen MR) is 117 cm³/mol. The number of carbonyl (C=O) groups is 1. The maximum atomic E-state index is 12.9. The number of aliphatic hydroxyl groups is 1. The van der Waals surface area contributed by atoms with Crippen LogP contribution in [-0.4, -0.2) is 37.4 Å². The predicted octanol–water partition coefficient (Wildman–Crippen LogP) is 2.89. The molecule has 1 fully saturated rings. The van der Waals surface area contributed by atoms with E-state index in [0.29, 0.717) is 34.9 Å². The maximum Gasteiger partial charge on any atom is 0.256 e. The monoisotopic (exact) mass is 456 g/mol. The molecule has 160 valence electrons. The Morgan fingerprint density at radius 3 is 2.84 bits per heavy atom. The van der Waals surface area contributed by atoms with Crippen molar-refractivity contribution in [3.63, 3.8) is 0 Å². The molecule has 0 saturated heterocycles. The molecule has 0 unspecified atom stereocenters. The van der Waals surface area contributed by atoms with Crippen molar-refractivity contribution in [2.24, 2.45) is 0 Å². The lowest BCUT2D eigenvalue weighted by atomic mass is 10.00. The number of amides is 1. The van der Waals surface area contributed by atoms with Gasteiger partial charge in [0.25, 0.3) is 11.5 Å². The second-order valence-electron chi connectivity index (χ2n) is 8.14. The van der Waals surface area contributed by atoms with Gasteiger partial charge in [0.15, 0.2) is 6.10 Å². The summed E-state index contributed by atoms with van der Waals surface area (Å²) >= 11 is 7.57. The number of aromatic nitrogens is 3. The Morgan fingerprint density at radius 1 is 1.35 bits per heavy atom. The largest absolute Gasteiger partial charge is 0.378 e. The average molecular weight is 457 g/mol. The van der Waals surface area contributed by atoms with Crippen LogP contribution in [0, 0.1) is 6.92 Å². The number of aryl methyl sites for hydroxylation is 1. The zero-order valence-corrected chi connectivity index (χ0v) is 18.5. The molecule has 31 heavy (non-hydrogen) atoms. The van der Waals surface area contributed by atoms with E-state index in [-0.39, 0.29) is 17.5 Å². The van der Waals surface area contributed by atoms with Crippen LogP contribution in [0.3, 0.4) is 0 Å². The number of aromatic amines is 1. The molecule has 1 aliphatic carbocycles. The summed E-state index contributed by atoms with van der Waals surface area (Å²) in [5, 5.41) is 14.0. The fourth-order valence-corrected chi connectivity index (χ4v) is 5.06. The third-order valence-electron chi connectivity index (χ3n) is 6.09. The number of halogens is 1. The minimum Gasteiger partial charge on any atom is -0.378 e. The minimum absolute atomic E-state index is 0.122. The van der Waals surface area contributed by atoms with Gasteiger partial charge in [0.05, 0.1) is 33.9 Å². The van der Waals surface area contributed by atoms with Crippen molar-refractivity contribution < 1.29 is 9.90 Å². The summed E-state index contributed by atoms with van der Waals surface area (Å²) in [7, 11) is 0. The van der Waals surface area contributed by atoms with Gasteiger partial charge >= 0.3 is 0 Å². The van der Waals surface area contributed by atoms with E-state index in [1.807, 2.05) is 12.3 Å². The first-order chi connectivity index (χ1) is 14.9. The SMILES string of the molecule is Cc1nc(C2(c3nc4c(c(=O)[nH]3)CN(C(=O)[C@H](O)c3cccc(Cl)c3)CC4)CC2)cs1. The first kappa shape index (κ1) is 20.4. The molecule has 5 rings (SSSR count). The lowest BCUT2D eigenvalue weighted by Crippen LogP contribution is -2.42. The molecule has 9 heteroatoms. The number of nitrogens with zero attached hydrogens (tertiary/aromatic N) is 3. The highest BCUT2D eigenvalue weighted by atomic mass is 35.5. The normalized spacial score (nSPS) is 17.8. The lowest BCUT2D eigenvalue weighted by Gasteiger charge is -2.30. The Morgan fingerprint density at radius 2 is 2.16 bits per heavy atom. The number of carbonyl (C=O) groups excluding carboxylic acids is 1. The molecule has 3 heterocycles. The molecule has 0 radical (unpaired) electrons. The highest BCUT2D eigenvalue weighted by Gasteiger charge is 2.50. The van der Waals surface area contributed by atoms with Gasteiger partial charge in [-0.3, -0.25) is 9.59 Å². The van der Waals surface area contributed by atoms with Gasteiger partial charge in [-0.2, -0.15) is 0 Å². The Balaban J connectivity index is 1.40. The Hall–Kier alpha value is -2.55. The smallest absolute Gasteiger partial charge is 0.256 e. The molecule has 0 spiro atoms. The highest BCUT2D eigenvalue weighted by molar-refractivity contribution is 7.09. The van der Waals surface area contributed by atoms with E-state index < -0.39 is 12.0 Å². The van der Waals surface area contributed by atoms with Crippen LogP contribution in [0.5, 0.6) is 0 Å². The van der Waals surface area contributed by atoms with Crippen LogP contribution in [0.1, 0.15) is 52.3 Å². The van der Waals surface area contributed by atoms with Crippen LogP contribution in [0.25, 0.3) is 0 Å². The van der Waals surface area contributed by atoms with E-state index in [1.165, 1.54) is 4.90 Å². The van der Waals surface area contributed by atoms with E-state index in [9.17, 15) is 14.7 Å². The van der Waals surface area contributed by atoms with Gasteiger partial charge in [-0.1, -0.05) is 23.7 Å². The molecule has 0 bridgehead atoms. The third kappa shape index (κ3) is 3.58. The fraction of sp³-hybridized carbons (Fsp3) is 0.364. The lowest BCUT2D eigenvalue weighted by molar-refractivity contribution is -0.141. The fourth-order valence-electron chi connectivity index (χ4n) is 4.15. The van der Waals surface area contributed by atoms with Gasteiger partial charge in [0.1, 0.15) is 5.82 Å². The van der Waals surface area contributed by atoms with Crippen molar-refractivity contribution in [3.8, 4) is 0 Å². The van der Waals surface area contributed by atoms with Gasteiger partial charge < -0.3 is 15.0 Å². The number of thiazole rings is 1. The van der Waals surface area contributed by atoms with Crippen LogP contribution in [0.4, 0.5) is 0 Å². The van der Waals surface area contributed by atoms with Crippen LogP contribution >= 0.6 is 22.9 Å². The number of hydrogen-bond acceptors (Lipinski definition) is 6. The standard InChI is InChI=1S/C22H21ClN4O3S/c1-12-24-17(11-31-12)22(6-7-22)21-25-16-5-8-27(10-15(16)19(29)26-21)20(30)18(28)13-3-2-4-14(23)9-13/h2-4,9,11,18,28H,5-8,10H2,1H3,(H,25,26,29)/t18-/m1/s1. The van der Waals surface area contributed by atoms with Gasteiger partial charge in [-0.15, -0.1) is 11.3 Å². The summed E-state index contributed by atoms with van der Waals surface area (Å²) < 4.78 is 0. The number of fused-ring (bicyclic) bond motifs is 1. The number of nitrogens with one attached hydrogen (secondary N) is 1. The number of H-pyrrole nitrogens is 1.